The molecule has 0 aromatic carbocycles. The fourth-order valence-corrected chi connectivity index (χ4v) is 9.18. The van der Waals surface area contributed by atoms with Crippen LogP contribution >= 0.6 is 0 Å². The Morgan fingerprint density at radius 1 is 0.404 bits per heavy atom. The number of imidazole rings is 4. The molecule has 8 heterocycles. The number of aromatic nitrogens is 11. The average Bonchev–Trinajstić information content (AvgIpc) is 2.84. The summed E-state index contributed by atoms with van der Waals surface area (Å²) in [6, 6.07) is 4.40. The number of ether oxygens (including phenoxy) is 1. The zero-order valence-corrected chi connectivity index (χ0v) is 49.8. The molecule has 89 heavy (non-hydrogen) atoms. The summed E-state index contributed by atoms with van der Waals surface area (Å²) in [5.41, 5.74) is 1.57. The molecule has 34 nitrogen and oxygen atoms in total. The van der Waals surface area contributed by atoms with Crippen LogP contribution in [0.2, 0.25) is 0 Å². The van der Waals surface area contributed by atoms with Crippen molar-refractivity contribution < 1.29 is 57.5 Å². The number of nitrogens with zero attached hydrogens (tertiary/aromatic N) is 12. The van der Waals surface area contributed by atoms with Gasteiger partial charge >= 0.3 is 0 Å². The second kappa shape index (κ2) is 28.8. The van der Waals surface area contributed by atoms with Gasteiger partial charge < -0.3 is 94.8 Å². The fraction of sp³-hybridized carbons (Fsp3) is 0.364. The Kier molecular flexibility index (Phi) is 20.7. The molecule has 10 N–H and O–H groups in total. The zero-order chi connectivity index (χ0) is 64.1. The quantitative estimate of drug-likeness (QED) is 0.0320. The Morgan fingerprint density at radius 2 is 0.809 bits per heavy atom. The number of carbonyl (C=O) groups is 11. The van der Waals surface area contributed by atoms with Crippen molar-refractivity contribution >= 4 is 99.5 Å². The van der Waals surface area contributed by atoms with E-state index >= 15 is 0 Å². The van der Waals surface area contributed by atoms with Crippen molar-refractivity contribution in [3.05, 3.63) is 108 Å². The summed E-state index contributed by atoms with van der Waals surface area (Å²) in [6.07, 6.45) is 12.2. The lowest BCUT2D eigenvalue weighted by molar-refractivity contribution is -0.135. The molecule has 0 atom stereocenters. The summed E-state index contributed by atoms with van der Waals surface area (Å²) in [5, 5.41) is 26.7. The number of hydrogen-bond acceptors (Lipinski definition) is 16. The van der Waals surface area contributed by atoms with Gasteiger partial charge in [-0.15, -0.1) is 0 Å². The maximum absolute atomic E-state index is 13.3. The smallest absolute Gasteiger partial charge is 0.291 e. The summed E-state index contributed by atoms with van der Waals surface area (Å²) in [6.45, 7) is 2.05. The molecule has 0 saturated carbocycles. The highest BCUT2D eigenvalue weighted by atomic mass is 16.5. The van der Waals surface area contributed by atoms with Crippen molar-refractivity contribution in [2.45, 2.75) is 32.1 Å². The number of rotatable bonds is 26. The minimum absolute atomic E-state index is 0.0157. The molecule has 0 bridgehead atoms. The maximum Gasteiger partial charge on any atom is 0.291 e. The van der Waals surface area contributed by atoms with Gasteiger partial charge in [0, 0.05) is 164 Å². The van der Waals surface area contributed by atoms with Gasteiger partial charge in [0.1, 0.15) is 17.1 Å². The van der Waals surface area contributed by atoms with E-state index in [1.807, 2.05) is 0 Å². The van der Waals surface area contributed by atoms with Crippen LogP contribution in [0.15, 0.2) is 67.8 Å². The number of nitrogens with one attached hydrogen (secondary N) is 10. The predicted octanol–water partition coefficient (Wildman–Crippen LogP) is 0.0376. The van der Waals surface area contributed by atoms with Crippen LogP contribution in [0.1, 0.15) is 106 Å². The first-order chi connectivity index (χ1) is 42.5. The number of anilines is 6. The van der Waals surface area contributed by atoms with E-state index in [9.17, 15) is 52.7 Å². The topological polar surface area (TPSA) is 407 Å². The number of morpholine rings is 1. The molecule has 0 unspecified atom stereocenters. The van der Waals surface area contributed by atoms with Crippen LogP contribution in [0.3, 0.4) is 0 Å². The molecular weight excluding hydrogens is 1160 g/mol. The Hall–Kier alpha value is -11.2. The second-order valence-electron chi connectivity index (χ2n) is 20.6. The van der Waals surface area contributed by atoms with Crippen molar-refractivity contribution in [2.75, 3.05) is 84.4 Å². The van der Waals surface area contributed by atoms with E-state index in [1.165, 1.54) is 82.8 Å². The molecule has 0 spiro atoms. The van der Waals surface area contributed by atoms with Gasteiger partial charge in [0.2, 0.25) is 41.1 Å². The third kappa shape index (κ3) is 16.8. The Balaban J connectivity index is 0.696. The highest BCUT2D eigenvalue weighted by Gasteiger charge is 2.24. The monoisotopic (exact) mass is 1230 g/mol. The molecule has 1 aliphatic heterocycles. The van der Waals surface area contributed by atoms with E-state index < -0.39 is 59.1 Å². The normalized spacial score (nSPS) is 12.0. The highest BCUT2D eigenvalue weighted by molar-refractivity contribution is 6.06. The Bertz CT molecular complexity index is 3850. The van der Waals surface area contributed by atoms with Crippen molar-refractivity contribution in [1.29, 1.82) is 0 Å². The summed E-state index contributed by atoms with van der Waals surface area (Å²) in [5.74, 6) is -4.82. The minimum Gasteiger partial charge on any atom is -0.378 e. The van der Waals surface area contributed by atoms with Gasteiger partial charge in [-0.3, -0.25) is 52.7 Å². The predicted molar refractivity (Wildman–Crippen MR) is 319 cm³/mol. The van der Waals surface area contributed by atoms with Gasteiger partial charge in [0.05, 0.1) is 30.3 Å². The third-order valence-corrected chi connectivity index (χ3v) is 13.7. The van der Waals surface area contributed by atoms with E-state index in [0.717, 1.165) is 0 Å². The first-order valence-electron chi connectivity index (χ1n) is 27.9. The molecule has 7 aromatic rings. The molecule has 7 aromatic heterocycles. The third-order valence-electron chi connectivity index (χ3n) is 13.7. The molecule has 11 amide bonds. The molecule has 0 aliphatic carbocycles. The fourth-order valence-electron chi connectivity index (χ4n) is 9.18. The zero-order valence-electron chi connectivity index (χ0n) is 49.8. The molecular formula is C55H68N22O12. The van der Waals surface area contributed by atoms with Gasteiger partial charge in [0.15, 0.2) is 23.3 Å². The molecule has 1 fully saturated rings. The number of aryl methyl sites for hydroxylation is 7. The summed E-state index contributed by atoms with van der Waals surface area (Å²) >= 11 is 0. The van der Waals surface area contributed by atoms with E-state index in [2.05, 4.69) is 73.1 Å². The van der Waals surface area contributed by atoms with Crippen molar-refractivity contribution in [2.24, 2.45) is 49.3 Å². The summed E-state index contributed by atoms with van der Waals surface area (Å²) in [7, 11) is 11.2. The summed E-state index contributed by atoms with van der Waals surface area (Å²) < 4.78 is 15.6. The molecule has 470 valence electrons. The Morgan fingerprint density at radius 3 is 1.30 bits per heavy atom. The van der Waals surface area contributed by atoms with Crippen LogP contribution in [0.4, 0.5) is 34.5 Å². The van der Waals surface area contributed by atoms with Crippen LogP contribution in [0.5, 0.6) is 0 Å². The number of hydrogen-bond donors (Lipinski definition) is 10. The van der Waals surface area contributed by atoms with Crippen molar-refractivity contribution in [1.82, 2.24) is 78.1 Å². The van der Waals surface area contributed by atoms with Gasteiger partial charge in [-0.1, -0.05) is 0 Å². The average molecular weight is 1230 g/mol. The van der Waals surface area contributed by atoms with Crippen LogP contribution in [-0.2, 0) is 73.2 Å². The van der Waals surface area contributed by atoms with Crippen LogP contribution in [0, 0.1) is 0 Å². The van der Waals surface area contributed by atoms with E-state index in [-0.39, 0.29) is 128 Å². The first kappa shape index (κ1) is 63.8. The Labute approximate surface area is 507 Å². The lowest BCUT2D eigenvalue weighted by Gasteiger charge is -2.26. The van der Waals surface area contributed by atoms with E-state index in [0.29, 0.717) is 37.7 Å². The number of amides is 11. The molecule has 8 rings (SSSR count). The van der Waals surface area contributed by atoms with E-state index in [1.54, 1.807) is 71.2 Å². The molecule has 0 radical (unpaired) electrons. The molecule has 34 heteroatoms. The standard InChI is InChI=1S/C55H68N22O12/c1-70-18-17-56-45(70)54(87)62-33-24-36(72(3)27-33)50(83)58-14-11-43(80)65-39-30-76(7)48(67-39)55(88)63-34-25-35(71(2)28-34)49(82)57-13-8-9-41(78)64-38-29-74(5)46(66-38)52(85)59-15-10-42(79)61-32-23-37(73(4)26-32)51(84)69-40-31-75(6)47(68-40)53(86)60-16-12-44(81)77-19-21-89-22-20-77/h17-18,23-31H,8-16,19-22H2,1-7H3,(H,57,82)(H,58,83)(H,59,85)(H,60,86)(H,61,79)(H,62,87)(H,63,88)(H,64,78)(H,65,80)(H,69,84). The van der Waals surface area contributed by atoms with Crippen molar-refractivity contribution in [3.63, 3.8) is 0 Å². The van der Waals surface area contributed by atoms with Gasteiger partial charge in [-0.05, 0) is 24.6 Å². The van der Waals surface area contributed by atoms with Gasteiger partial charge in [-0.25, -0.2) is 19.9 Å². The highest BCUT2D eigenvalue weighted by Crippen LogP contribution is 2.19. The van der Waals surface area contributed by atoms with Crippen molar-refractivity contribution in [3.8, 4) is 0 Å². The molecule has 1 aliphatic rings. The molecule has 1 saturated heterocycles. The van der Waals surface area contributed by atoms with Crippen LogP contribution in [-0.4, -0.2) is 174 Å². The largest absolute Gasteiger partial charge is 0.378 e. The van der Waals surface area contributed by atoms with Crippen LogP contribution < -0.4 is 53.2 Å². The minimum atomic E-state index is -0.633. The second-order valence-corrected chi connectivity index (χ2v) is 20.6. The van der Waals surface area contributed by atoms with E-state index in [4.69, 9.17) is 4.74 Å². The van der Waals surface area contributed by atoms with Gasteiger partial charge in [0.25, 0.3) is 41.4 Å². The lowest BCUT2D eigenvalue weighted by atomic mass is 10.3. The lowest BCUT2D eigenvalue weighted by Crippen LogP contribution is -2.42. The summed E-state index contributed by atoms with van der Waals surface area (Å²) in [4.78, 5) is 160. The van der Waals surface area contributed by atoms with Crippen LogP contribution in [0.25, 0.3) is 0 Å². The SMILES string of the molecule is Cn1cc(NC(=O)c2nc(NC(=O)CCNC(=O)c3cc(NC(=O)c4nccn4C)cn3C)cn2C)cc1C(=O)NCCCC(=O)Nc1cn(C)c(C(=O)NCCC(=O)Nc2cc(C(=O)Nc3cn(C)c(C(=O)NCCC(=O)N4CCOCC4)n3)n(C)c2)n1. The van der Waals surface area contributed by atoms with Gasteiger partial charge in [-0.2, -0.15) is 0 Å². The maximum atomic E-state index is 13.3. The number of carbonyl (C=O) groups excluding carboxylic acids is 11. The first-order valence-corrected chi connectivity index (χ1v) is 27.9.